The molecule has 80 valence electrons. The monoisotopic (exact) mass is 239 g/mol. The summed E-state index contributed by atoms with van der Waals surface area (Å²) in [5.41, 5.74) is 6.05. The van der Waals surface area contributed by atoms with E-state index in [0.717, 1.165) is 0 Å². The number of rotatable bonds is 1. The number of benzene rings is 1. The van der Waals surface area contributed by atoms with E-state index in [1.807, 2.05) is 0 Å². The Labute approximate surface area is 85.9 Å². The minimum absolute atomic E-state index is 0.390. The number of azide groups is 1. The minimum Gasteiger partial charge on any atom is -0.205 e. The van der Waals surface area contributed by atoms with Gasteiger partial charge >= 0.3 is 6.18 Å². The SMILES string of the molecule is [N-]=[N+]=Nc1cc(C(F)(F)F)cc(Cl)c1F. The summed E-state index contributed by atoms with van der Waals surface area (Å²) < 4.78 is 49.6. The Balaban J connectivity index is 3.42. The molecule has 0 aliphatic rings. The van der Waals surface area contributed by atoms with E-state index in [0.29, 0.717) is 12.1 Å². The Morgan fingerprint density at radius 2 is 1.93 bits per heavy atom. The molecule has 3 nitrogen and oxygen atoms in total. The van der Waals surface area contributed by atoms with Gasteiger partial charge in [-0.15, -0.1) is 0 Å². The molecule has 15 heavy (non-hydrogen) atoms. The lowest BCUT2D eigenvalue weighted by Crippen LogP contribution is -2.05. The van der Waals surface area contributed by atoms with Gasteiger partial charge in [-0.3, -0.25) is 0 Å². The molecule has 8 heteroatoms. The second kappa shape index (κ2) is 3.96. The molecule has 1 aromatic rings. The number of hydrogen-bond donors (Lipinski definition) is 0. The number of nitrogens with zero attached hydrogens (tertiary/aromatic N) is 3. The summed E-state index contributed by atoms with van der Waals surface area (Å²) >= 11 is 5.20. The maximum atomic E-state index is 13.0. The molecular formula is C7H2ClF4N3. The van der Waals surface area contributed by atoms with Gasteiger partial charge in [0.15, 0.2) is 5.82 Å². The fourth-order valence-corrected chi connectivity index (χ4v) is 1.07. The van der Waals surface area contributed by atoms with E-state index in [4.69, 9.17) is 17.1 Å². The third kappa shape index (κ3) is 2.51. The first kappa shape index (κ1) is 11.6. The van der Waals surface area contributed by atoms with Gasteiger partial charge in [-0.1, -0.05) is 16.7 Å². The number of halogens is 5. The average molecular weight is 240 g/mol. The molecule has 0 amide bonds. The molecule has 0 unspecified atom stereocenters. The summed E-state index contributed by atoms with van der Waals surface area (Å²) in [6, 6.07) is 0.814. The number of hydrogen-bond acceptors (Lipinski definition) is 1. The molecule has 1 rings (SSSR count). The molecule has 0 N–H and O–H groups in total. The quantitative estimate of drug-likeness (QED) is 0.301. The lowest BCUT2D eigenvalue weighted by atomic mass is 10.2. The van der Waals surface area contributed by atoms with Crippen molar-refractivity contribution in [2.45, 2.75) is 6.18 Å². The van der Waals surface area contributed by atoms with Gasteiger partial charge in [-0.05, 0) is 17.7 Å². The van der Waals surface area contributed by atoms with E-state index in [-0.39, 0.29) is 0 Å². The Bertz CT molecular complexity index is 437. The third-order valence-electron chi connectivity index (χ3n) is 1.49. The standard InChI is InChI=1S/C7H2ClF4N3/c8-4-1-3(7(10,11)12)2-5(6(4)9)14-15-13/h1-2H. The molecule has 0 heterocycles. The normalized spacial score (nSPS) is 11.0. The Morgan fingerprint density at radius 1 is 1.33 bits per heavy atom. The van der Waals surface area contributed by atoms with Gasteiger partial charge in [0.2, 0.25) is 0 Å². The molecule has 0 aliphatic carbocycles. The van der Waals surface area contributed by atoms with Crippen molar-refractivity contribution in [3.63, 3.8) is 0 Å². The van der Waals surface area contributed by atoms with Gasteiger partial charge in [-0.25, -0.2) is 4.39 Å². The van der Waals surface area contributed by atoms with Crippen LogP contribution in [-0.2, 0) is 6.18 Å². The van der Waals surface area contributed by atoms with Gasteiger partial charge in [0.05, 0.1) is 16.3 Å². The fourth-order valence-electron chi connectivity index (χ4n) is 0.859. The second-order valence-corrected chi connectivity index (χ2v) is 2.89. The molecule has 0 atom stereocenters. The van der Waals surface area contributed by atoms with Crippen LogP contribution < -0.4 is 0 Å². The summed E-state index contributed by atoms with van der Waals surface area (Å²) in [6.07, 6.45) is -4.67. The largest absolute Gasteiger partial charge is 0.416 e. The van der Waals surface area contributed by atoms with Crippen molar-refractivity contribution in [1.82, 2.24) is 0 Å². The van der Waals surface area contributed by atoms with Crippen molar-refractivity contribution in [2.24, 2.45) is 5.11 Å². The first-order valence-corrected chi connectivity index (χ1v) is 3.85. The predicted molar refractivity (Wildman–Crippen MR) is 45.2 cm³/mol. The summed E-state index contributed by atoms with van der Waals surface area (Å²) in [5, 5.41) is 2.02. The van der Waals surface area contributed by atoms with Gasteiger partial charge in [0.25, 0.3) is 0 Å². The Hall–Kier alpha value is -1.46. The van der Waals surface area contributed by atoms with Crippen LogP contribution in [0.3, 0.4) is 0 Å². The van der Waals surface area contributed by atoms with E-state index in [1.54, 1.807) is 0 Å². The molecule has 0 fully saturated rings. The van der Waals surface area contributed by atoms with Crippen LogP contribution in [0.4, 0.5) is 23.2 Å². The predicted octanol–water partition coefficient (Wildman–Crippen LogP) is 4.44. The van der Waals surface area contributed by atoms with Gasteiger partial charge in [0, 0.05) is 4.91 Å². The third-order valence-corrected chi connectivity index (χ3v) is 1.76. The van der Waals surface area contributed by atoms with E-state index in [9.17, 15) is 17.6 Å². The van der Waals surface area contributed by atoms with E-state index in [2.05, 4.69) is 10.0 Å². The van der Waals surface area contributed by atoms with E-state index in [1.165, 1.54) is 0 Å². The summed E-state index contributed by atoms with van der Waals surface area (Å²) in [7, 11) is 0. The van der Waals surface area contributed by atoms with E-state index < -0.39 is 28.3 Å². The molecule has 0 spiro atoms. The van der Waals surface area contributed by atoms with Crippen LogP contribution >= 0.6 is 11.6 Å². The molecular weight excluding hydrogens is 238 g/mol. The molecule has 0 saturated heterocycles. The van der Waals surface area contributed by atoms with Crippen LogP contribution in [0.25, 0.3) is 10.4 Å². The van der Waals surface area contributed by atoms with Gasteiger partial charge in [0.1, 0.15) is 0 Å². The highest BCUT2D eigenvalue weighted by Gasteiger charge is 2.32. The van der Waals surface area contributed by atoms with Gasteiger partial charge in [-0.2, -0.15) is 13.2 Å². The topological polar surface area (TPSA) is 48.8 Å². The van der Waals surface area contributed by atoms with Crippen molar-refractivity contribution < 1.29 is 17.6 Å². The summed E-state index contributed by atoms with van der Waals surface area (Å²) in [4.78, 5) is 2.19. The summed E-state index contributed by atoms with van der Waals surface area (Å²) in [5.74, 6) is -1.18. The highest BCUT2D eigenvalue weighted by molar-refractivity contribution is 6.31. The molecule has 0 saturated carbocycles. The van der Waals surface area contributed by atoms with Crippen molar-refractivity contribution in [2.75, 3.05) is 0 Å². The van der Waals surface area contributed by atoms with Crippen LogP contribution in [0.5, 0.6) is 0 Å². The minimum atomic E-state index is -4.67. The van der Waals surface area contributed by atoms with Crippen LogP contribution in [0.15, 0.2) is 17.2 Å². The lowest BCUT2D eigenvalue weighted by Gasteiger charge is -2.08. The van der Waals surface area contributed by atoms with Crippen molar-refractivity contribution >= 4 is 17.3 Å². The highest BCUT2D eigenvalue weighted by Crippen LogP contribution is 2.36. The zero-order valence-electron chi connectivity index (χ0n) is 6.89. The van der Waals surface area contributed by atoms with Crippen molar-refractivity contribution in [1.29, 1.82) is 0 Å². The zero-order valence-corrected chi connectivity index (χ0v) is 7.64. The molecule has 0 aliphatic heterocycles. The number of alkyl halides is 3. The fraction of sp³-hybridized carbons (Fsp3) is 0.143. The van der Waals surface area contributed by atoms with Crippen LogP contribution in [0.1, 0.15) is 5.56 Å². The van der Waals surface area contributed by atoms with Crippen molar-refractivity contribution in [3.8, 4) is 0 Å². The van der Waals surface area contributed by atoms with Crippen LogP contribution in [0.2, 0.25) is 5.02 Å². The second-order valence-electron chi connectivity index (χ2n) is 2.48. The Morgan fingerprint density at radius 3 is 2.40 bits per heavy atom. The average Bonchev–Trinajstić information content (AvgIpc) is 2.11. The highest BCUT2D eigenvalue weighted by atomic mass is 35.5. The zero-order chi connectivity index (χ0) is 11.6. The maximum Gasteiger partial charge on any atom is 0.416 e. The lowest BCUT2D eigenvalue weighted by molar-refractivity contribution is -0.137. The van der Waals surface area contributed by atoms with Gasteiger partial charge < -0.3 is 0 Å². The molecule has 0 aromatic heterocycles. The van der Waals surface area contributed by atoms with Crippen LogP contribution in [-0.4, -0.2) is 0 Å². The maximum absolute atomic E-state index is 13.0. The molecule has 0 bridgehead atoms. The smallest absolute Gasteiger partial charge is 0.205 e. The Kier molecular flexibility index (Phi) is 3.06. The van der Waals surface area contributed by atoms with E-state index >= 15 is 0 Å². The molecule has 1 aromatic carbocycles. The molecule has 0 radical (unpaired) electrons. The first-order chi connectivity index (χ1) is 6.86. The van der Waals surface area contributed by atoms with Crippen molar-refractivity contribution in [3.05, 3.63) is 39.0 Å². The summed E-state index contributed by atoms with van der Waals surface area (Å²) in [6.45, 7) is 0. The van der Waals surface area contributed by atoms with Crippen LogP contribution in [0, 0.1) is 5.82 Å². The first-order valence-electron chi connectivity index (χ1n) is 3.47.